The van der Waals surface area contributed by atoms with Crippen molar-refractivity contribution in [1.82, 2.24) is 20.2 Å². The first-order valence-electron chi connectivity index (χ1n) is 9.18. The summed E-state index contributed by atoms with van der Waals surface area (Å²) in [6.07, 6.45) is 3.17. The number of nitrogens with zero attached hydrogens (tertiary/aromatic N) is 2. The van der Waals surface area contributed by atoms with E-state index in [1.54, 1.807) is 18.3 Å². The lowest BCUT2D eigenvalue weighted by atomic mass is 9.95. The van der Waals surface area contributed by atoms with Crippen LogP contribution in [0, 0.1) is 5.82 Å². The molecule has 3 aromatic heterocycles. The number of ether oxygens (including phenoxy) is 1. The quantitative estimate of drug-likeness (QED) is 0.373. The molecular formula is C21H15ClFN5O2. The Balaban J connectivity index is 2.01. The fourth-order valence-electron chi connectivity index (χ4n) is 3.80. The molecular weight excluding hydrogens is 409 g/mol. The number of hydrogen-bond donors (Lipinski definition) is 3. The van der Waals surface area contributed by atoms with Crippen molar-refractivity contribution in [1.29, 1.82) is 0 Å². The summed E-state index contributed by atoms with van der Waals surface area (Å²) in [5.41, 5.74) is 7.92. The predicted octanol–water partition coefficient (Wildman–Crippen LogP) is 4.39. The number of hydrogen-bond acceptors (Lipinski definition) is 5. The number of aromatic nitrogens is 4. The van der Waals surface area contributed by atoms with Crippen LogP contribution in [-0.4, -0.2) is 26.8 Å². The summed E-state index contributed by atoms with van der Waals surface area (Å²) in [5, 5.41) is 8.43. The van der Waals surface area contributed by atoms with Gasteiger partial charge < -0.3 is 15.5 Å². The third-order valence-electron chi connectivity index (χ3n) is 5.08. The SMILES string of the molecule is CCOc1cc2c(-c3cc(F)c(Cl)c4[nH]ncc34)c(N)c(=O)[nH]c2c2cccnc12. The first kappa shape index (κ1) is 18.4. The largest absolute Gasteiger partial charge is 0.492 e. The molecule has 7 nitrogen and oxygen atoms in total. The number of fused-ring (bicyclic) bond motifs is 4. The smallest absolute Gasteiger partial charge is 0.272 e. The van der Waals surface area contributed by atoms with E-state index in [1.165, 1.54) is 12.3 Å². The molecule has 0 spiro atoms. The van der Waals surface area contributed by atoms with Crippen molar-refractivity contribution in [3.63, 3.8) is 0 Å². The molecule has 0 bridgehead atoms. The lowest BCUT2D eigenvalue weighted by Gasteiger charge is -2.15. The molecule has 0 radical (unpaired) electrons. The van der Waals surface area contributed by atoms with Gasteiger partial charge in [0, 0.05) is 27.9 Å². The normalized spacial score (nSPS) is 11.6. The Morgan fingerprint density at radius 1 is 1.23 bits per heavy atom. The molecule has 0 aliphatic carbocycles. The monoisotopic (exact) mass is 423 g/mol. The van der Waals surface area contributed by atoms with E-state index >= 15 is 0 Å². The van der Waals surface area contributed by atoms with Crippen LogP contribution in [0.25, 0.3) is 43.8 Å². The number of H-pyrrole nitrogens is 2. The zero-order chi connectivity index (χ0) is 21.0. The lowest BCUT2D eigenvalue weighted by Crippen LogP contribution is -2.14. The van der Waals surface area contributed by atoms with Crippen LogP contribution in [0.5, 0.6) is 5.75 Å². The van der Waals surface area contributed by atoms with Gasteiger partial charge in [-0.05, 0) is 36.8 Å². The van der Waals surface area contributed by atoms with Crippen molar-refractivity contribution >= 4 is 50.0 Å². The van der Waals surface area contributed by atoms with Crippen LogP contribution in [0.4, 0.5) is 10.1 Å². The maximum atomic E-state index is 14.6. The molecule has 0 unspecified atom stereocenters. The number of rotatable bonds is 3. The van der Waals surface area contributed by atoms with Gasteiger partial charge in [0.25, 0.3) is 5.56 Å². The highest BCUT2D eigenvalue weighted by Crippen LogP contribution is 2.41. The highest BCUT2D eigenvalue weighted by Gasteiger charge is 2.21. The van der Waals surface area contributed by atoms with E-state index in [4.69, 9.17) is 22.1 Å². The van der Waals surface area contributed by atoms with Crippen molar-refractivity contribution in [3.8, 4) is 16.9 Å². The number of halogens is 2. The molecule has 150 valence electrons. The maximum Gasteiger partial charge on any atom is 0.272 e. The Hall–Kier alpha value is -3.65. The molecule has 3 heterocycles. The molecule has 0 fully saturated rings. The van der Waals surface area contributed by atoms with Gasteiger partial charge in [-0.1, -0.05) is 11.6 Å². The molecule has 9 heteroatoms. The standard InChI is InChI=1S/C21H15ClFN5O2/c1-2-30-14-7-11-15(10-6-13(23)16(22)20-12(10)8-26-28-20)17(24)21(29)27-18(11)9-4-3-5-25-19(9)14/h3-8H,2,24H2,1H3,(H,26,28)(H,27,29). The van der Waals surface area contributed by atoms with Gasteiger partial charge in [0.15, 0.2) is 0 Å². The lowest BCUT2D eigenvalue weighted by molar-refractivity contribution is 0.344. The Kier molecular flexibility index (Phi) is 4.11. The van der Waals surface area contributed by atoms with Crippen LogP contribution in [0.3, 0.4) is 0 Å². The van der Waals surface area contributed by atoms with Crippen LogP contribution in [-0.2, 0) is 0 Å². The van der Waals surface area contributed by atoms with Crippen molar-refractivity contribution in [3.05, 3.63) is 57.9 Å². The van der Waals surface area contributed by atoms with Crippen LogP contribution >= 0.6 is 11.6 Å². The van der Waals surface area contributed by atoms with Gasteiger partial charge in [0.1, 0.15) is 27.8 Å². The second kappa shape index (κ2) is 6.70. The van der Waals surface area contributed by atoms with E-state index in [1.807, 2.05) is 13.0 Å². The van der Waals surface area contributed by atoms with E-state index in [0.29, 0.717) is 56.2 Å². The van der Waals surface area contributed by atoms with Gasteiger partial charge in [-0.15, -0.1) is 0 Å². The molecule has 5 rings (SSSR count). The number of anilines is 1. The van der Waals surface area contributed by atoms with E-state index < -0.39 is 11.4 Å². The summed E-state index contributed by atoms with van der Waals surface area (Å²) in [6.45, 7) is 2.29. The van der Waals surface area contributed by atoms with Crippen molar-refractivity contribution in [2.24, 2.45) is 0 Å². The molecule has 2 aromatic carbocycles. The average molecular weight is 424 g/mol. The summed E-state index contributed by atoms with van der Waals surface area (Å²) < 4.78 is 20.4. The first-order valence-corrected chi connectivity index (χ1v) is 9.56. The fourth-order valence-corrected chi connectivity index (χ4v) is 4.00. The second-order valence-corrected chi connectivity index (χ2v) is 7.13. The van der Waals surface area contributed by atoms with Crippen LogP contribution < -0.4 is 16.0 Å². The number of nitrogens with two attached hydrogens (primary N) is 1. The van der Waals surface area contributed by atoms with Gasteiger partial charge >= 0.3 is 0 Å². The van der Waals surface area contributed by atoms with Crippen molar-refractivity contribution < 1.29 is 9.13 Å². The van der Waals surface area contributed by atoms with Gasteiger partial charge in [-0.25, -0.2) is 4.39 Å². The predicted molar refractivity (Wildman–Crippen MR) is 116 cm³/mol. The van der Waals surface area contributed by atoms with Crippen molar-refractivity contribution in [2.75, 3.05) is 12.3 Å². The maximum absolute atomic E-state index is 14.6. The van der Waals surface area contributed by atoms with E-state index in [0.717, 1.165) is 0 Å². The summed E-state index contributed by atoms with van der Waals surface area (Å²) in [7, 11) is 0. The molecule has 0 saturated heterocycles. The average Bonchev–Trinajstić information content (AvgIpc) is 3.23. The Labute approximate surface area is 173 Å². The number of pyridine rings is 2. The van der Waals surface area contributed by atoms with E-state index in [-0.39, 0.29) is 10.7 Å². The zero-order valence-corrected chi connectivity index (χ0v) is 16.5. The third kappa shape index (κ3) is 2.54. The topological polar surface area (TPSA) is 110 Å². The highest BCUT2D eigenvalue weighted by atomic mass is 35.5. The molecule has 0 atom stereocenters. The van der Waals surface area contributed by atoms with Crippen LogP contribution in [0.1, 0.15) is 6.92 Å². The van der Waals surface area contributed by atoms with E-state index in [2.05, 4.69) is 20.2 Å². The minimum atomic E-state index is -0.649. The Morgan fingerprint density at radius 3 is 2.87 bits per heavy atom. The van der Waals surface area contributed by atoms with Gasteiger partial charge in [-0.3, -0.25) is 14.9 Å². The molecule has 0 saturated carbocycles. The van der Waals surface area contributed by atoms with Crippen LogP contribution in [0.15, 0.2) is 41.5 Å². The summed E-state index contributed by atoms with van der Waals surface area (Å²) in [6, 6.07) is 6.62. The van der Waals surface area contributed by atoms with Crippen molar-refractivity contribution in [2.45, 2.75) is 6.92 Å². The number of aromatic amines is 2. The molecule has 0 amide bonds. The first-order chi connectivity index (χ1) is 14.5. The Bertz CT molecular complexity index is 1530. The van der Waals surface area contributed by atoms with E-state index in [9.17, 15) is 9.18 Å². The van der Waals surface area contributed by atoms with Crippen LogP contribution in [0.2, 0.25) is 5.02 Å². The summed E-state index contributed by atoms with van der Waals surface area (Å²) in [5.74, 6) is -0.116. The highest BCUT2D eigenvalue weighted by molar-refractivity contribution is 6.36. The molecule has 4 N–H and O–H groups in total. The van der Waals surface area contributed by atoms with Gasteiger partial charge in [-0.2, -0.15) is 5.10 Å². The number of nitrogen functional groups attached to an aromatic ring is 1. The minimum Gasteiger partial charge on any atom is -0.492 e. The minimum absolute atomic E-state index is 0.0441. The number of nitrogens with one attached hydrogen (secondary N) is 2. The molecule has 5 aromatic rings. The summed E-state index contributed by atoms with van der Waals surface area (Å²) >= 11 is 6.09. The molecule has 0 aliphatic heterocycles. The second-order valence-electron chi connectivity index (χ2n) is 6.75. The molecule has 30 heavy (non-hydrogen) atoms. The summed E-state index contributed by atoms with van der Waals surface area (Å²) in [4.78, 5) is 20.0. The fraction of sp³-hybridized carbons (Fsp3) is 0.0952. The van der Waals surface area contributed by atoms with Gasteiger partial charge in [0.05, 0.1) is 23.8 Å². The third-order valence-corrected chi connectivity index (χ3v) is 5.45. The number of benzene rings is 2. The zero-order valence-electron chi connectivity index (χ0n) is 15.7. The Morgan fingerprint density at radius 2 is 2.07 bits per heavy atom. The van der Waals surface area contributed by atoms with Gasteiger partial charge in [0.2, 0.25) is 0 Å². The molecule has 0 aliphatic rings.